The van der Waals surface area contributed by atoms with E-state index in [4.69, 9.17) is 16.3 Å². The summed E-state index contributed by atoms with van der Waals surface area (Å²) in [6, 6.07) is 14.2. The predicted molar refractivity (Wildman–Crippen MR) is 104 cm³/mol. The number of hydrogen-bond donors (Lipinski definition) is 0. The Morgan fingerprint density at radius 3 is 2.78 bits per heavy atom. The van der Waals surface area contributed by atoms with E-state index in [2.05, 4.69) is 0 Å². The van der Waals surface area contributed by atoms with Gasteiger partial charge in [0.15, 0.2) is 0 Å². The average molecular weight is 386 g/mol. The number of amides is 1. The van der Waals surface area contributed by atoms with E-state index < -0.39 is 0 Å². The number of fused-ring (bicyclic) bond motifs is 2. The van der Waals surface area contributed by atoms with Crippen molar-refractivity contribution in [1.29, 1.82) is 0 Å². The molecule has 140 valence electrons. The van der Waals surface area contributed by atoms with Crippen LogP contribution in [-0.2, 0) is 11.3 Å². The molecule has 5 heteroatoms. The standard InChI is InChI=1S/C22H21ClFNO2/c23-17-9-10-21(24)20(13-17)16-11-18-7-4-8-19(12-16)25(18)22(26)27-14-15-5-2-1-3-6-15/h1-3,5-6,9-11,13,18-19H,4,7-8,12,14H2. The molecule has 4 rings (SSSR count). The lowest BCUT2D eigenvalue weighted by molar-refractivity contribution is 0.0510. The summed E-state index contributed by atoms with van der Waals surface area (Å²) in [6.45, 7) is 0.259. The summed E-state index contributed by atoms with van der Waals surface area (Å²) in [5, 5.41) is 0.516. The fraction of sp³-hybridized carbons (Fsp3) is 0.318. The third-order valence-corrected chi connectivity index (χ3v) is 5.56. The lowest BCUT2D eigenvalue weighted by atomic mass is 9.83. The van der Waals surface area contributed by atoms with Crippen LogP contribution in [0.4, 0.5) is 9.18 Å². The molecule has 2 bridgehead atoms. The Kier molecular flexibility index (Phi) is 5.17. The molecule has 1 fully saturated rings. The van der Waals surface area contributed by atoms with Crippen LogP contribution in [0.15, 0.2) is 54.6 Å². The van der Waals surface area contributed by atoms with Gasteiger partial charge >= 0.3 is 6.09 Å². The van der Waals surface area contributed by atoms with Gasteiger partial charge in [0.1, 0.15) is 12.4 Å². The molecule has 0 aliphatic carbocycles. The average Bonchev–Trinajstić information content (AvgIpc) is 2.68. The summed E-state index contributed by atoms with van der Waals surface area (Å²) in [5.74, 6) is -0.274. The second-order valence-corrected chi connectivity index (χ2v) is 7.56. The third kappa shape index (κ3) is 3.86. The molecule has 0 spiro atoms. The van der Waals surface area contributed by atoms with Crippen molar-refractivity contribution < 1.29 is 13.9 Å². The van der Waals surface area contributed by atoms with Gasteiger partial charge in [0.2, 0.25) is 0 Å². The molecule has 2 heterocycles. The fourth-order valence-corrected chi connectivity index (χ4v) is 4.22. The maximum absolute atomic E-state index is 14.3. The van der Waals surface area contributed by atoms with E-state index in [1.165, 1.54) is 6.07 Å². The summed E-state index contributed by atoms with van der Waals surface area (Å²) in [6.07, 6.45) is 5.15. The maximum Gasteiger partial charge on any atom is 0.410 e. The molecular weight excluding hydrogens is 365 g/mol. The number of halogens is 2. The van der Waals surface area contributed by atoms with Crippen LogP contribution in [0, 0.1) is 5.82 Å². The summed E-state index contributed by atoms with van der Waals surface area (Å²) in [5.41, 5.74) is 2.43. The Bertz CT molecular complexity index is 868. The number of nitrogens with zero attached hydrogens (tertiary/aromatic N) is 1. The number of carbonyl (C=O) groups excluding carboxylic acids is 1. The number of ether oxygens (including phenoxy) is 1. The van der Waals surface area contributed by atoms with Crippen LogP contribution in [0.3, 0.4) is 0 Å². The Hall–Kier alpha value is -2.33. The molecule has 3 nitrogen and oxygen atoms in total. The first-order valence-electron chi connectivity index (χ1n) is 9.27. The van der Waals surface area contributed by atoms with Crippen LogP contribution in [0.5, 0.6) is 0 Å². The summed E-state index contributed by atoms with van der Waals surface area (Å²) in [7, 11) is 0. The van der Waals surface area contributed by atoms with E-state index in [1.807, 2.05) is 41.3 Å². The Morgan fingerprint density at radius 2 is 2.00 bits per heavy atom. The topological polar surface area (TPSA) is 29.5 Å². The van der Waals surface area contributed by atoms with Gasteiger partial charge in [-0.15, -0.1) is 0 Å². The quantitative estimate of drug-likeness (QED) is 0.665. The first kappa shape index (κ1) is 18.1. The minimum Gasteiger partial charge on any atom is -0.445 e. The molecule has 2 atom stereocenters. The molecule has 0 saturated carbocycles. The van der Waals surface area contributed by atoms with Gasteiger partial charge in [-0.2, -0.15) is 0 Å². The fourth-order valence-electron chi connectivity index (χ4n) is 4.05. The van der Waals surface area contributed by atoms with E-state index in [1.54, 1.807) is 12.1 Å². The number of carbonyl (C=O) groups is 1. The normalized spacial score (nSPS) is 21.6. The maximum atomic E-state index is 14.3. The van der Waals surface area contributed by atoms with Crippen LogP contribution in [-0.4, -0.2) is 23.1 Å². The van der Waals surface area contributed by atoms with Crippen LogP contribution in [0.1, 0.15) is 36.8 Å². The largest absolute Gasteiger partial charge is 0.445 e. The highest BCUT2D eigenvalue weighted by atomic mass is 35.5. The molecule has 2 aromatic rings. The summed E-state index contributed by atoms with van der Waals surface area (Å²) in [4.78, 5) is 14.6. The van der Waals surface area contributed by atoms with E-state index in [0.29, 0.717) is 17.0 Å². The van der Waals surface area contributed by atoms with Crippen LogP contribution < -0.4 is 0 Å². The van der Waals surface area contributed by atoms with Crippen LogP contribution in [0.25, 0.3) is 5.57 Å². The molecule has 2 aromatic carbocycles. The molecule has 0 radical (unpaired) electrons. The number of rotatable bonds is 3. The van der Waals surface area contributed by atoms with E-state index in [9.17, 15) is 9.18 Å². The molecule has 0 aromatic heterocycles. The minimum atomic E-state index is -0.296. The first-order chi connectivity index (χ1) is 13.1. The van der Waals surface area contributed by atoms with Gasteiger partial charge in [-0.1, -0.05) is 48.0 Å². The highest BCUT2D eigenvalue weighted by molar-refractivity contribution is 6.30. The smallest absolute Gasteiger partial charge is 0.410 e. The number of hydrogen-bond acceptors (Lipinski definition) is 2. The Morgan fingerprint density at radius 1 is 1.19 bits per heavy atom. The van der Waals surface area contributed by atoms with Crippen LogP contribution in [0.2, 0.25) is 5.02 Å². The Labute approximate surface area is 163 Å². The number of benzene rings is 2. The molecule has 1 saturated heterocycles. The van der Waals surface area contributed by atoms with Crippen molar-refractivity contribution in [2.75, 3.05) is 0 Å². The molecule has 0 N–H and O–H groups in total. The van der Waals surface area contributed by atoms with Crippen molar-refractivity contribution in [3.63, 3.8) is 0 Å². The van der Waals surface area contributed by atoms with E-state index >= 15 is 0 Å². The van der Waals surface area contributed by atoms with Crippen molar-refractivity contribution in [1.82, 2.24) is 4.90 Å². The molecule has 1 amide bonds. The number of piperidine rings is 1. The van der Waals surface area contributed by atoms with Gasteiger partial charge in [0, 0.05) is 16.6 Å². The molecule has 27 heavy (non-hydrogen) atoms. The zero-order valence-corrected chi connectivity index (χ0v) is 15.7. The predicted octanol–water partition coefficient (Wildman–Crippen LogP) is 5.83. The Balaban J connectivity index is 1.53. The molecule has 2 aliphatic rings. The molecule has 2 aliphatic heterocycles. The summed E-state index contributed by atoms with van der Waals surface area (Å²) < 4.78 is 19.8. The zero-order valence-electron chi connectivity index (χ0n) is 14.9. The van der Waals surface area contributed by atoms with Gasteiger partial charge < -0.3 is 4.74 Å². The summed E-state index contributed by atoms with van der Waals surface area (Å²) >= 11 is 6.06. The third-order valence-electron chi connectivity index (χ3n) is 5.33. The lowest BCUT2D eigenvalue weighted by Crippen LogP contribution is -2.51. The van der Waals surface area contributed by atoms with Crippen molar-refractivity contribution in [3.8, 4) is 0 Å². The first-order valence-corrected chi connectivity index (χ1v) is 9.65. The van der Waals surface area contributed by atoms with Gasteiger partial charge in [0.05, 0.1) is 6.04 Å². The SMILES string of the molecule is O=C(OCc1ccccc1)N1C2C=C(c3cc(Cl)ccc3F)CC1CCC2. The van der Waals surface area contributed by atoms with E-state index in [0.717, 1.165) is 30.4 Å². The van der Waals surface area contributed by atoms with Crippen LogP contribution >= 0.6 is 11.6 Å². The van der Waals surface area contributed by atoms with E-state index in [-0.39, 0.29) is 30.6 Å². The monoisotopic (exact) mass is 385 g/mol. The molecule has 2 unspecified atom stereocenters. The highest BCUT2D eigenvalue weighted by Gasteiger charge is 2.38. The van der Waals surface area contributed by atoms with Crippen molar-refractivity contribution in [2.24, 2.45) is 0 Å². The van der Waals surface area contributed by atoms with Gasteiger partial charge in [0.25, 0.3) is 0 Å². The van der Waals surface area contributed by atoms with Gasteiger partial charge in [-0.3, -0.25) is 4.90 Å². The van der Waals surface area contributed by atoms with Crippen molar-refractivity contribution in [3.05, 3.63) is 76.6 Å². The lowest BCUT2D eigenvalue weighted by Gasteiger charge is -2.44. The molecular formula is C22H21ClFNO2. The minimum absolute atomic E-state index is 0.0328. The van der Waals surface area contributed by atoms with Crippen molar-refractivity contribution >= 4 is 23.3 Å². The van der Waals surface area contributed by atoms with Gasteiger partial charge in [-0.25, -0.2) is 9.18 Å². The van der Waals surface area contributed by atoms with Gasteiger partial charge in [-0.05, 0) is 55.0 Å². The second-order valence-electron chi connectivity index (χ2n) is 7.12. The zero-order chi connectivity index (χ0) is 18.8. The van der Waals surface area contributed by atoms with Crippen molar-refractivity contribution in [2.45, 2.75) is 44.4 Å². The second kappa shape index (κ2) is 7.73. The highest BCUT2D eigenvalue weighted by Crippen LogP contribution is 2.38.